The lowest BCUT2D eigenvalue weighted by molar-refractivity contribution is 0.104. The maximum atomic E-state index is 12.7. The predicted molar refractivity (Wildman–Crippen MR) is 93.0 cm³/mol. The van der Waals surface area contributed by atoms with Gasteiger partial charge in [0.15, 0.2) is 5.78 Å². The molecule has 0 amide bonds. The topological polar surface area (TPSA) is 38.8 Å². The average Bonchev–Trinajstić information content (AvgIpc) is 3.23. The lowest BCUT2D eigenvalue weighted by atomic mass is 10.0. The Hall–Kier alpha value is -2.33. The molecule has 4 rings (SSSR count). The van der Waals surface area contributed by atoms with Gasteiger partial charge in [0, 0.05) is 28.8 Å². The molecule has 0 aromatic heterocycles. The van der Waals surface area contributed by atoms with Crippen molar-refractivity contribution in [2.75, 3.05) is 33.4 Å². The normalized spacial score (nSPS) is 16.1. The zero-order valence-electron chi connectivity index (χ0n) is 13.9. The molecule has 0 atom stereocenters. The minimum absolute atomic E-state index is 0.0453. The van der Waals surface area contributed by atoms with E-state index in [1.54, 1.807) is 7.11 Å². The number of carbonyl (C=O) groups excluding carboxylic acids is 1. The maximum absolute atomic E-state index is 12.7. The number of hydrogen-bond acceptors (Lipinski definition) is 4. The van der Waals surface area contributed by atoms with E-state index in [-0.39, 0.29) is 5.78 Å². The highest BCUT2D eigenvalue weighted by Gasteiger charge is 2.32. The molecule has 124 valence electrons. The van der Waals surface area contributed by atoms with Crippen LogP contribution in [0.4, 0.5) is 0 Å². The smallest absolute Gasteiger partial charge is 0.194 e. The molecule has 24 heavy (non-hydrogen) atoms. The molecule has 1 aliphatic carbocycles. The van der Waals surface area contributed by atoms with Crippen LogP contribution in [0, 0.1) is 0 Å². The SMILES string of the molecule is COc1cccc2c1-c1c(OCCN3CCCC3)cccc1C2=O. The van der Waals surface area contributed by atoms with Crippen molar-refractivity contribution in [2.24, 2.45) is 0 Å². The van der Waals surface area contributed by atoms with Gasteiger partial charge in [0.1, 0.15) is 18.1 Å². The first-order valence-corrected chi connectivity index (χ1v) is 8.50. The fourth-order valence-corrected chi connectivity index (χ4v) is 3.68. The second kappa shape index (κ2) is 6.29. The van der Waals surface area contributed by atoms with Crippen LogP contribution in [-0.2, 0) is 0 Å². The summed E-state index contributed by atoms with van der Waals surface area (Å²) < 4.78 is 11.6. The second-order valence-electron chi connectivity index (χ2n) is 6.29. The van der Waals surface area contributed by atoms with Crippen LogP contribution in [0.25, 0.3) is 11.1 Å². The van der Waals surface area contributed by atoms with Crippen molar-refractivity contribution in [2.45, 2.75) is 12.8 Å². The van der Waals surface area contributed by atoms with Gasteiger partial charge in [0.2, 0.25) is 0 Å². The molecule has 0 saturated carbocycles. The molecule has 2 aliphatic rings. The number of fused-ring (bicyclic) bond motifs is 3. The summed E-state index contributed by atoms with van der Waals surface area (Å²) in [4.78, 5) is 15.1. The van der Waals surface area contributed by atoms with E-state index < -0.39 is 0 Å². The summed E-state index contributed by atoms with van der Waals surface area (Å²) in [6, 6.07) is 11.3. The molecular formula is C20H21NO3. The van der Waals surface area contributed by atoms with Gasteiger partial charge in [-0.3, -0.25) is 9.69 Å². The number of hydrogen-bond donors (Lipinski definition) is 0. The first-order chi connectivity index (χ1) is 11.8. The molecule has 1 saturated heterocycles. The zero-order chi connectivity index (χ0) is 16.5. The minimum atomic E-state index is 0.0453. The van der Waals surface area contributed by atoms with Gasteiger partial charge in [0.05, 0.1) is 7.11 Å². The molecule has 4 nitrogen and oxygen atoms in total. The van der Waals surface area contributed by atoms with Gasteiger partial charge in [-0.15, -0.1) is 0 Å². The molecule has 0 unspecified atom stereocenters. The predicted octanol–water partition coefficient (Wildman–Crippen LogP) is 3.38. The number of nitrogens with zero attached hydrogens (tertiary/aromatic N) is 1. The highest BCUT2D eigenvalue weighted by Crippen LogP contribution is 2.47. The van der Waals surface area contributed by atoms with Gasteiger partial charge in [-0.05, 0) is 38.1 Å². The van der Waals surface area contributed by atoms with Crippen LogP contribution in [-0.4, -0.2) is 44.0 Å². The quantitative estimate of drug-likeness (QED) is 0.721. The molecule has 0 N–H and O–H groups in total. The molecule has 4 heteroatoms. The van der Waals surface area contributed by atoms with Crippen molar-refractivity contribution in [1.82, 2.24) is 4.90 Å². The molecule has 1 aliphatic heterocycles. The number of carbonyl (C=O) groups is 1. The first-order valence-electron chi connectivity index (χ1n) is 8.50. The van der Waals surface area contributed by atoms with E-state index in [9.17, 15) is 4.79 Å². The largest absolute Gasteiger partial charge is 0.496 e. The number of rotatable bonds is 5. The van der Waals surface area contributed by atoms with E-state index >= 15 is 0 Å². The summed E-state index contributed by atoms with van der Waals surface area (Å²) in [5.74, 6) is 1.53. The Morgan fingerprint density at radius 1 is 0.958 bits per heavy atom. The molecule has 1 heterocycles. The Balaban J connectivity index is 1.65. The lowest BCUT2D eigenvalue weighted by Gasteiger charge is -2.17. The van der Waals surface area contributed by atoms with Gasteiger partial charge >= 0.3 is 0 Å². The number of ether oxygens (including phenoxy) is 2. The van der Waals surface area contributed by atoms with Gasteiger partial charge in [-0.1, -0.05) is 24.3 Å². The highest BCUT2D eigenvalue weighted by molar-refractivity contribution is 6.23. The Morgan fingerprint density at radius 2 is 1.58 bits per heavy atom. The summed E-state index contributed by atoms with van der Waals surface area (Å²) >= 11 is 0. The maximum Gasteiger partial charge on any atom is 0.194 e. The summed E-state index contributed by atoms with van der Waals surface area (Å²) in [5, 5.41) is 0. The van der Waals surface area contributed by atoms with E-state index in [0.717, 1.165) is 42.3 Å². The highest BCUT2D eigenvalue weighted by atomic mass is 16.5. The van der Waals surface area contributed by atoms with Crippen LogP contribution in [0.15, 0.2) is 36.4 Å². The second-order valence-corrected chi connectivity index (χ2v) is 6.29. The van der Waals surface area contributed by atoms with Crippen LogP contribution in [0.3, 0.4) is 0 Å². The van der Waals surface area contributed by atoms with Crippen molar-refractivity contribution in [3.05, 3.63) is 47.5 Å². The Labute approximate surface area is 142 Å². The minimum Gasteiger partial charge on any atom is -0.496 e. The molecule has 2 aromatic rings. The Morgan fingerprint density at radius 3 is 2.25 bits per heavy atom. The molecule has 2 aromatic carbocycles. The van der Waals surface area contributed by atoms with Crippen LogP contribution >= 0.6 is 0 Å². The molecular weight excluding hydrogens is 302 g/mol. The van der Waals surface area contributed by atoms with E-state index in [4.69, 9.17) is 9.47 Å². The van der Waals surface area contributed by atoms with E-state index in [1.807, 2.05) is 36.4 Å². The summed E-state index contributed by atoms with van der Waals surface area (Å²) in [6.07, 6.45) is 2.56. The van der Waals surface area contributed by atoms with Crippen molar-refractivity contribution in [3.63, 3.8) is 0 Å². The standard InChI is InChI=1S/C20H21NO3/c1-23-16-8-4-6-14-18(16)19-15(20(14)22)7-5-9-17(19)24-13-12-21-10-2-3-11-21/h4-9H,2-3,10-13H2,1H3. The van der Waals surface area contributed by atoms with Gasteiger partial charge in [-0.25, -0.2) is 0 Å². The molecule has 1 fully saturated rings. The summed E-state index contributed by atoms with van der Waals surface area (Å²) in [7, 11) is 1.63. The molecule has 0 radical (unpaired) electrons. The van der Waals surface area contributed by atoms with E-state index in [1.165, 1.54) is 12.8 Å². The number of benzene rings is 2. The van der Waals surface area contributed by atoms with Crippen LogP contribution in [0.2, 0.25) is 0 Å². The number of ketones is 1. The van der Waals surface area contributed by atoms with Crippen LogP contribution in [0.1, 0.15) is 28.8 Å². The van der Waals surface area contributed by atoms with Crippen molar-refractivity contribution in [1.29, 1.82) is 0 Å². The average molecular weight is 323 g/mol. The van der Waals surface area contributed by atoms with E-state index in [0.29, 0.717) is 17.7 Å². The van der Waals surface area contributed by atoms with Gasteiger partial charge in [-0.2, -0.15) is 0 Å². The van der Waals surface area contributed by atoms with Crippen molar-refractivity contribution < 1.29 is 14.3 Å². The van der Waals surface area contributed by atoms with Gasteiger partial charge < -0.3 is 9.47 Å². The molecule has 0 bridgehead atoms. The summed E-state index contributed by atoms with van der Waals surface area (Å²) in [6.45, 7) is 3.88. The fraction of sp³-hybridized carbons (Fsp3) is 0.350. The number of likely N-dealkylation sites (tertiary alicyclic amines) is 1. The third-order valence-corrected chi connectivity index (χ3v) is 4.88. The Kier molecular flexibility index (Phi) is 3.98. The third-order valence-electron chi connectivity index (χ3n) is 4.88. The number of methoxy groups -OCH3 is 1. The fourth-order valence-electron chi connectivity index (χ4n) is 3.68. The van der Waals surface area contributed by atoms with Crippen molar-refractivity contribution in [3.8, 4) is 22.6 Å². The lowest BCUT2D eigenvalue weighted by Crippen LogP contribution is -2.25. The first kappa shape index (κ1) is 15.2. The van der Waals surface area contributed by atoms with Crippen molar-refractivity contribution >= 4 is 5.78 Å². The third kappa shape index (κ3) is 2.47. The molecule has 0 spiro atoms. The zero-order valence-corrected chi connectivity index (χ0v) is 13.9. The monoisotopic (exact) mass is 323 g/mol. The summed E-state index contributed by atoms with van der Waals surface area (Å²) in [5.41, 5.74) is 3.13. The van der Waals surface area contributed by atoms with Gasteiger partial charge in [0.25, 0.3) is 0 Å². The van der Waals surface area contributed by atoms with Crippen LogP contribution in [0.5, 0.6) is 11.5 Å². The van der Waals surface area contributed by atoms with Crippen LogP contribution < -0.4 is 9.47 Å². The van der Waals surface area contributed by atoms with E-state index in [2.05, 4.69) is 4.90 Å². The Bertz CT molecular complexity index is 778.